The van der Waals surface area contributed by atoms with Crippen LogP contribution in [0.5, 0.6) is 0 Å². The minimum absolute atomic E-state index is 0.214. The van der Waals surface area contributed by atoms with Crippen molar-refractivity contribution in [1.82, 2.24) is 4.31 Å². The van der Waals surface area contributed by atoms with Gasteiger partial charge in [-0.15, -0.1) is 0 Å². The van der Waals surface area contributed by atoms with Crippen LogP contribution in [0.1, 0.15) is 32.1 Å². The topological polar surface area (TPSA) is 63.4 Å². The first-order chi connectivity index (χ1) is 8.59. The van der Waals surface area contributed by atoms with E-state index in [1.54, 1.807) is 28.6 Å². The van der Waals surface area contributed by atoms with Crippen molar-refractivity contribution in [2.24, 2.45) is 0 Å². The molecule has 0 radical (unpaired) electrons. The van der Waals surface area contributed by atoms with E-state index in [1.807, 2.05) is 0 Å². The Morgan fingerprint density at radius 2 is 1.56 bits per heavy atom. The van der Waals surface area contributed by atoms with Gasteiger partial charge in [-0.05, 0) is 49.9 Å². The van der Waals surface area contributed by atoms with Crippen LogP contribution < -0.4 is 5.73 Å². The van der Waals surface area contributed by atoms with Crippen molar-refractivity contribution in [2.45, 2.75) is 49.1 Å². The van der Waals surface area contributed by atoms with Crippen LogP contribution in [0, 0.1) is 0 Å². The van der Waals surface area contributed by atoms with E-state index in [1.165, 1.54) is 0 Å². The molecule has 5 heteroatoms. The van der Waals surface area contributed by atoms with Gasteiger partial charge >= 0.3 is 0 Å². The van der Waals surface area contributed by atoms with Gasteiger partial charge in [0.15, 0.2) is 0 Å². The van der Waals surface area contributed by atoms with Crippen LogP contribution >= 0.6 is 0 Å². The molecule has 0 aromatic heterocycles. The third-order valence-electron chi connectivity index (χ3n) is 4.08. The Hall–Kier alpha value is -1.07. The summed E-state index contributed by atoms with van der Waals surface area (Å²) in [5.74, 6) is 0. The predicted molar refractivity (Wildman–Crippen MR) is 70.5 cm³/mol. The van der Waals surface area contributed by atoms with Crippen molar-refractivity contribution in [1.29, 1.82) is 0 Å². The average Bonchev–Trinajstić information content (AvgIpc) is 2.62. The molecule has 2 atom stereocenters. The van der Waals surface area contributed by atoms with Crippen molar-refractivity contribution in [3.63, 3.8) is 0 Å². The van der Waals surface area contributed by atoms with Crippen LogP contribution in [-0.2, 0) is 10.0 Å². The van der Waals surface area contributed by atoms with E-state index in [2.05, 4.69) is 0 Å². The Morgan fingerprint density at radius 1 is 1.00 bits per heavy atom. The fraction of sp³-hybridized carbons (Fsp3) is 0.538. The molecule has 2 bridgehead atoms. The lowest BCUT2D eigenvalue weighted by atomic mass is 10.1. The fourth-order valence-corrected chi connectivity index (χ4v) is 5.15. The van der Waals surface area contributed by atoms with Crippen molar-refractivity contribution in [3.8, 4) is 0 Å². The molecule has 3 rings (SSSR count). The highest BCUT2D eigenvalue weighted by atomic mass is 32.2. The maximum atomic E-state index is 12.6. The lowest BCUT2D eigenvalue weighted by Crippen LogP contribution is -2.43. The van der Waals surface area contributed by atoms with Gasteiger partial charge in [-0.2, -0.15) is 4.31 Å². The minimum Gasteiger partial charge on any atom is -0.399 e. The van der Waals surface area contributed by atoms with Crippen LogP contribution in [0.2, 0.25) is 0 Å². The van der Waals surface area contributed by atoms with E-state index in [9.17, 15) is 8.42 Å². The fourth-order valence-electron chi connectivity index (χ4n) is 3.22. The van der Waals surface area contributed by atoms with Crippen LogP contribution in [0.3, 0.4) is 0 Å². The van der Waals surface area contributed by atoms with Gasteiger partial charge in [-0.25, -0.2) is 8.42 Å². The molecule has 0 spiro atoms. The number of nitrogens with zero attached hydrogens (tertiary/aromatic N) is 1. The van der Waals surface area contributed by atoms with Crippen molar-refractivity contribution >= 4 is 15.7 Å². The molecule has 2 saturated heterocycles. The second-order valence-electron chi connectivity index (χ2n) is 5.22. The largest absolute Gasteiger partial charge is 0.399 e. The smallest absolute Gasteiger partial charge is 0.243 e. The summed E-state index contributed by atoms with van der Waals surface area (Å²) in [5, 5.41) is 0. The van der Waals surface area contributed by atoms with E-state index in [-0.39, 0.29) is 12.1 Å². The Bertz CT molecular complexity index is 523. The molecule has 0 aliphatic carbocycles. The summed E-state index contributed by atoms with van der Waals surface area (Å²) in [6, 6.07) is 6.95. The van der Waals surface area contributed by atoms with E-state index < -0.39 is 10.0 Å². The molecule has 2 aliphatic rings. The lowest BCUT2D eigenvalue weighted by Gasteiger charge is -2.33. The summed E-state index contributed by atoms with van der Waals surface area (Å²) in [6.45, 7) is 0. The van der Waals surface area contributed by atoms with Crippen LogP contribution in [0.4, 0.5) is 5.69 Å². The Kier molecular flexibility index (Phi) is 2.83. The summed E-state index contributed by atoms with van der Waals surface area (Å²) in [6.07, 6.45) is 5.19. The highest BCUT2D eigenvalue weighted by Crippen LogP contribution is 2.39. The maximum Gasteiger partial charge on any atom is 0.243 e. The maximum absolute atomic E-state index is 12.6. The predicted octanol–water partition coefficient (Wildman–Crippen LogP) is 1.97. The molecular weight excluding hydrogens is 248 g/mol. The quantitative estimate of drug-likeness (QED) is 0.832. The van der Waals surface area contributed by atoms with Crippen molar-refractivity contribution < 1.29 is 8.42 Å². The number of sulfonamides is 1. The molecule has 18 heavy (non-hydrogen) atoms. The molecule has 1 aromatic carbocycles. The van der Waals surface area contributed by atoms with E-state index >= 15 is 0 Å². The highest BCUT2D eigenvalue weighted by molar-refractivity contribution is 7.89. The zero-order valence-corrected chi connectivity index (χ0v) is 11.1. The summed E-state index contributed by atoms with van der Waals surface area (Å²) in [4.78, 5) is 0.371. The van der Waals surface area contributed by atoms with Crippen LogP contribution in [0.25, 0.3) is 0 Å². The zero-order chi connectivity index (χ0) is 12.8. The van der Waals surface area contributed by atoms with Crippen LogP contribution in [0.15, 0.2) is 29.2 Å². The number of nitrogen functional groups attached to an aromatic ring is 1. The second-order valence-corrected chi connectivity index (χ2v) is 7.06. The van der Waals surface area contributed by atoms with Gasteiger partial charge in [0.1, 0.15) is 0 Å². The second kappa shape index (κ2) is 4.24. The molecule has 0 amide bonds. The van der Waals surface area contributed by atoms with Gasteiger partial charge in [-0.3, -0.25) is 0 Å². The Labute approximate surface area is 108 Å². The lowest BCUT2D eigenvalue weighted by molar-refractivity contribution is 0.248. The Morgan fingerprint density at radius 3 is 2.11 bits per heavy atom. The summed E-state index contributed by atoms with van der Waals surface area (Å²) in [7, 11) is -3.34. The van der Waals surface area contributed by atoms with E-state index in [0.717, 1.165) is 32.1 Å². The number of nitrogens with two attached hydrogens (primary N) is 1. The number of rotatable bonds is 2. The van der Waals surface area contributed by atoms with Crippen molar-refractivity contribution in [3.05, 3.63) is 24.3 Å². The first-order valence-corrected chi connectivity index (χ1v) is 7.92. The van der Waals surface area contributed by atoms with Gasteiger partial charge in [0, 0.05) is 17.8 Å². The van der Waals surface area contributed by atoms with Gasteiger partial charge < -0.3 is 5.73 Å². The SMILES string of the molecule is Nc1ccc(S(=O)(=O)N2C3CCCC2CC3)cc1. The molecule has 2 fully saturated rings. The van der Waals surface area contributed by atoms with Gasteiger partial charge in [0.05, 0.1) is 4.90 Å². The highest BCUT2D eigenvalue weighted by Gasteiger charge is 2.44. The molecule has 2 heterocycles. The minimum atomic E-state index is -3.34. The van der Waals surface area contributed by atoms with Crippen molar-refractivity contribution in [2.75, 3.05) is 5.73 Å². The van der Waals surface area contributed by atoms with Gasteiger partial charge in [-0.1, -0.05) is 6.42 Å². The van der Waals surface area contributed by atoms with Crippen LogP contribution in [-0.4, -0.2) is 24.8 Å². The summed E-state index contributed by atoms with van der Waals surface area (Å²) in [5.41, 5.74) is 6.20. The number of hydrogen-bond donors (Lipinski definition) is 1. The molecule has 0 saturated carbocycles. The zero-order valence-electron chi connectivity index (χ0n) is 10.2. The third-order valence-corrected chi connectivity index (χ3v) is 6.10. The monoisotopic (exact) mass is 266 g/mol. The number of benzene rings is 1. The number of anilines is 1. The third kappa shape index (κ3) is 1.82. The van der Waals surface area contributed by atoms with Gasteiger partial charge in [0.2, 0.25) is 10.0 Å². The molecule has 2 N–H and O–H groups in total. The van der Waals surface area contributed by atoms with E-state index in [0.29, 0.717) is 10.6 Å². The van der Waals surface area contributed by atoms with Gasteiger partial charge in [0.25, 0.3) is 0 Å². The first kappa shape index (κ1) is 12.0. The Balaban J connectivity index is 1.97. The van der Waals surface area contributed by atoms with E-state index in [4.69, 9.17) is 5.73 Å². The number of hydrogen-bond acceptors (Lipinski definition) is 3. The molecule has 2 unspecified atom stereocenters. The first-order valence-electron chi connectivity index (χ1n) is 6.48. The number of piperidine rings is 1. The molecule has 2 aliphatic heterocycles. The standard InChI is InChI=1S/C13H18N2O2S/c14-10-4-8-13(9-5-10)18(16,17)15-11-2-1-3-12(15)7-6-11/h4-5,8-9,11-12H,1-3,6-7,14H2. The molecule has 1 aromatic rings. The molecular formula is C13H18N2O2S. The average molecular weight is 266 g/mol. The molecule has 98 valence electrons. The summed E-state index contributed by atoms with van der Waals surface area (Å²) < 4.78 is 27.0. The number of fused-ring (bicyclic) bond motifs is 2. The molecule has 4 nitrogen and oxygen atoms in total. The normalized spacial score (nSPS) is 28.4. The summed E-state index contributed by atoms with van der Waals surface area (Å²) >= 11 is 0.